The Labute approximate surface area is 124 Å². The summed E-state index contributed by atoms with van der Waals surface area (Å²) in [5, 5.41) is 12.4. The van der Waals surface area contributed by atoms with Crippen molar-refractivity contribution >= 4 is 23.8 Å². The average molecular weight is 300 g/mol. The Morgan fingerprint density at radius 2 is 2.15 bits per heavy atom. The molecule has 1 heterocycles. The molecule has 2 aliphatic rings. The van der Waals surface area contributed by atoms with E-state index in [0.29, 0.717) is 30.2 Å². The smallest absolute Gasteiger partial charge is 0.317 e. The molecule has 0 aromatic heterocycles. The highest BCUT2D eigenvalue weighted by Gasteiger charge is 2.31. The molecule has 0 aromatic rings. The van der Waals surface area contributed by atoms with Crippen LogP contribution >= 0.6 is 11.8 Å². The van der Waals surface area contributed by atoms with Gasteiger partial charge in [0.1, 0.15) is 0 Å². The molecular weight excluding hydrogens is 276 g/mol. The zero-order valence-corrected chi connectivity index (χ0v) is 12.8. The molecule has 2 rings (SSSR count). The van der Waals surface area contributed by atoms with Gasteiger partial charge in [0.05, 0.1) is 0 Å². The zero-order chi connectivity index (χ0) is 14.5. The maximum Gasteiger partial charge on any atom is 0.317 e. The lowest BCUT2D eigenvalue weighted by molar-refractivity contribution is -0.137. The Balaban J connectivity index is 1.75. The molecule has 0 bridgehead atoms. The van der Waals surface area contributed by atoms with Crippen LogP contribution in [0.1, 0.15) is 38.5 Å². The highest BCUT2D eigenvalue weighted by molar-refractivity contribution is 7.99. The first-order chi connectivity index (χ1) is 9.60. The van der Waals surface area contributed by atoms with Crippen LogP contribution < -0.4 is 5.32 Å². The molecule has 20 heavy (non-hydrogen) atoms. The van der Waals surface area contributed by atoms with Crippen LogP contribution in [0, 0.1) is 5.92 Å². The van der Waals surface area contributed by atoms with Crippen LogP contribution in [0.4, 0.5) is 4.79 Å². The van der Waals surface area contributed by atoms with Gasteiger partial charge >= 0.3 is 12.0 Å². The average Bonchev–Trinajstić information content (AvgIpc) is 3.04. The van der Waals surface area contributed by atoms with Gasteiger partial charge in [-0.1, -0.05) is 6.42 Å². The van der Waals surface area contributed by atoms with E-state index in [1.165, 1.54) is 12.8 Å². The molecule has 5 nitrogen and oxygen atoms in total. The minimum absolute atomic E-state index is 0.0359. The number of nitrogens with zero attached hydrogens (tertiary/aromatic N) is 1. The lowest BCUT2D eigenvalue weighted by Crippen LogP contribution is -2.46. The lowest BCUT2D eigenvalue weighted by Gasteiger charge is -2.24. The van der Waals surface area contributed by atoms with Gasteiger partial charge in [-0.05, 0) is 37.9 Å². The third-order valence-corrected chi connectivity index (χ3v) is 5.57. The van der Waals surface area contributed by atoms with Crippen molar-refractivity contribution in [2.45, 2.75) is 49.8 Å². The summed E-state index contributed by atoms with van der Waals surface area (Å²) in [6.45, 7) is 1.46. The number of carboxylic acids is 1. The molecule has 3 unspecified atom stereocenters. The van der Waals surface area contributed by atoms with Crippen LogP contribution in [0.5, 0.6) is 0 Å². The number of likely N-dealkylation sites (tertiary alicyclic amines) is 1. The quantitative estimate of drug-likeness (QED) is 0.816. The number of hydrogen-bond acceptors (Lipinski definition) is 3. The summed E-state index contributed by atoms with van der Waals surface area (Å²) >= 11 is 1.84. The number of carbonyl (C=O) groups excluding carboxylic acids is 1. The number of nitrogens with one attached hydrogen (secondary N) is 1. The van der Waals surface area contributed by atoms with Crippen molar-refractivity contribution in [3.8, 4) is 0 Å². The second-order valence-corrected chi connectivity index (χ2v) is 6.87. The predicted octanol–water partition coefficient (Wildman–Crippen LogP) is 2.17. The topological polar surface area (TPSA) is 69.6 Å². The molecule has 2 amide bonds. The molecule has 114 valence electrons. The summed E-state index contributed by atoms with van der Waals surface area (Å²) in [6, 6.07) is 0.337. The Kier molecular flexibility index (Phi) is 5.57. The van der Waals surface area contributed by atoms with Gasteiger partial charge in [0, 0.05) is 30.8 Å². The van der Waals surface area contributed by atoms with Crippen LogP contribution in [0.15, 0.2) is 0 Å². The largest absolute Gasteiger partial charge is 0.481 e. The molecule has 0 radical (unpaired) electrons. The van der Waals surface area contributed by atoms with Crippen molar-refractivity contribution in [3.63, 3.8) is 0 Å². The van der Waals surface area contributed by atoms with E-state index in [0.717, 1.165) is 19.4 Å². The molecule has 0 spiro atoms. The van der Waals surface area contributed by atoms with E-state index < -0.39 is 5.97 Å². The van der Waals surface area contributed by atoms with Gasteiger partial charge < -0.3 is 15.3 Å². The molecule has 2 fully saturated rings. The first kappa shape index (κ1) is 15.5. The number of carbonyl (C=O) groups is 2. The highest BCUT2D eigenvalue weighted by Crippen LogP contribution is 2.29. The van der Waals surface area contributed by atoms with E-state index in [-0.39, 0.29) is 12.5 Å². The minimum atomic E-state index is -0.748. The molecule has 1 saturated heterocycles. The molecule has 0 aromatic carbocycles. The van der Waals surface area contributed by atoms with Crippen LogP contribution in [0.2, 0.25) is 0 Å². The maximum absolute atomic E-state index is 12.2. The normalized spacial score (nSPS) is 29.6. The van der Waals surface area contributed by atoms with Gasteiger partial charge in [-0.25, -0.2) is 4.79 Å². The SMILES string of the molecule is CSC1CCCC1NC(=O)N1CCC(CCC(=O)O)C1. The van der Waals surface area contributed by atoms with Crippen LogP contribution in [0.3, 0.4) is 0 Å². The van der Waals surface area contributed by atoms with Crippen molar-refractivity contribution < 1.29 is 14.7 Å². The van der Waals surface area contributed by atoms with Crippen molar-refractivity contribution in [2.24, 2.45) is 5.92 Å². The number of thioether (sulfide) groups is 1. The minimum Gasteiger partial charge on any atom is -0.481 e. The van der Waals surface area contributed by atoms with E-state index >= 15 is 0 Å². The monoisotopic (exact) mass is 300 g/mol. The fourth-order valence-electron chi connectivity index (χ4n) is 3.20. The molecule has 1 saturated carbocycles. The van der Waals surface area contributed by atoms with Gasteiger partial charge in [0.25, 0.3) is 0 Å². The second-order valence-electron chi connectivity index (χ2n) is 5.79. The van der Waals surface area contributed by atoms with Crippen molar-refractivity contribution in [2.75, 3.05) is 19.3 Å². The molecule has 3 atom stereocenters. The third kappa shape index (κ3) is 4.04. The van der Waals surface area contributed by atoms with Crippen LogP contribution in [-0.4, -0.2) is 52.6 Å². The summed E-state index contributed by atoms with van der Waals surface area (Å²) in [4.78, 5) is 24.7. The van der Waals surface area contributed by atoms with Crippen LogP contribution in [-0.2, 0) is 4.79 Å². The number of carboxylic acid groups (broad SMARTS) is 1. The number of aliphatic carboxylic acids is 1. The number of hydrogen-bond donors (Lipinski definition) is 2. The summed E-state index contributed by atoms with van der Waals surface area (Å²) in [6.07, 6.45) is 7.37. The fourth-order valence-corrected chi connectivity index (χ4v) is 4.14. The molecule has 2 N–H and O–H groups in total. The molecule has 1 aliphatic carbocycles. The first-order valence-corrected chi connectivity index (χ1v) is 8.69. The first-order valence-electron chi connectivity index (χ1n) is 7.40. The maximum atomic E-state index is 12.2. The standard InChI is InChI=1S/C14H24N2O3S/c1-20-12-4-2-3-11(12)15-14(19)16-8-7-10(9-16)5-6-13(17)18/h10-12H,2-9H2,1H3,(H,15,19)(H,17,18). The van der Waals surface area contributed by atoms with E-state index in [2.05, 4.69) is 11.6 Å². The predicted molar refractivity (Wildman–Crippen MR) is 80.0 cm³/mol. The Morgan fingerprint density at radius 1 is 1.35 bits per heavy atom. The highest BCUT2D eigenvalue weighted by atomic mass is 32.2. The fraction of sp³-hybridized carbons (Fsp3) is 0.857. The number of rotatable bonds is 5. The number of amides is 2. The number of urea groups is 1. The Bertz CT molecular complexity index is 364. The molecular formula is C14H24N2O3S. The molecule has 6 heteroatoms. The Hall–Kier alpha value is -0.910. The van der Waals surface area contributed by atoms with Crippen LogP contribution in [0.25, 0.3) is 0 Å². The summed E-state index contributed by atoms with van der Waals surface area (Å²) in [5.41, 5.74) is 0. The summed E-state index contributed by atoms with van der Waals surface area (Å²) < 4.78 is 0. The van der Waals surface area contributed by atoms with Gasteiger partial charge in [0.2, 0.25) is 0 Å². The zero-order valence-electron chi connectivity index (χ0n) is 12.0. The van der Waals surface area contributed by atoms with Gasteiger partial charge in [-0.15, -0.1) is 0 Å². The van der Waals surface area contributed by atoms with Gasteiger partial charge in [-0.3, -0.25) is 4.79 Å². The second kappa shape index (κ2) is 7.20. The van der Waals surface area contributed by atoms with Crippen molar-refractivity contribution in [1.29, 1.82) is 0 Å². The Morgan fingerprint density at radius 3 is 2.85 bits per heavy atom. The summed E-state index contributed by atoms with van der Waals surface area (Å²) in [5.74, 6) is -0.404. The molecule has 1 aliphatic heterocycles. The van der Waals surface area contributed by atoms with Crippen molar-refractivity contribution in [3.05, 3.63) is 0 Å². The summed E-state index contributed by atoms with van der Waals surface area (Å²) in [7, 11) is 0. The van der Waals surface area contributed by atoms with E-state index in [1.807, 2.05) is 16.7 Å². The van der Waals surface area contributed by atoms with Gasteiger partial charge in [0.15, 0.2) is 0 Å². The van der Waals surface area contributed by atoms with E-state index in [9.17, 15) is 9.59 Å². The van der Waals surface area contributed by atoms with Crippen molar-refractivity contribution in [1.82, 2.24) is 10.2 Å². The lowest BCUT2D eigenvalue weighted by atomic mass is 10.0. The van der Waals surface area contributed by atoms with E-state index in [4.69, 9.17) is 5.11 Å². The van der Waals surface area contributed by atoms with E-state index in [1.54, 1.807) is 0 Å². The third-order valence-electron chi connectivity index (χ3n) is 4.40. The van der Waals surface area contributed by atoms with Gasteiger partial charge in [-0.2, -0.15) is 11.8 Å².